The predicted molar refractivity (Wildman–Crippen MR) is 252 cm³/mol. The first kappa shape index (κ1) is 67.0. The number of unbranched alkanes of at least 4 members (excludes halogenated alkanes) is 10. The van der Waals surface area contributed by atoms with E-state index in [1.165, 1.54) is 26.7 Å². The van der Waals surface area contributed by atoms with E-state index >= 15 is 0 Å². The van der Waals surface area contributed by atoms with E-state index in [0.29, 0.717) is 13.2 Å². The van der Waals surface area contributed by atoms with Crippen LogP contribution < -0.4 is 0 Å². The molecule has 0 saturated carbocycles. The van der Waals surface area contributed by atoms with Crippen LogP contribution in [0.1, 0.15) is 146 Å². The number of esters is 8. The van der Waals surface area contributed by atoms with E-state index in [9.17, 15) is 38.4 Å². The van der Waals surface area contributed by atoms with Gasteiger partial charge in [-0.05, 0) is 12.8 Å². The molecule has 10 atom stereocenters. The van der Waals surface area contributed by atoms with E-state index in [-0.39, 0.29) is 51.3 Å². The minimum absolute atomic E-state index is 0. The summed E-state index contributed by atoms with van der Waals surface area (Å²) in [4.78, 5) is 102. The van der Waals surface area contributed by atoms with Gasteiger partial charge in [-0.3, -0.25) is 38.4 Å². The average molecular weight is 1240 g/mol. The molecule has 2 rings (SSSR count). The number of aliphatic imine (C=N–C) groups is 2. The Morgan fingerprint density at radius 2 is 0.648 bits per heavy atom. The van der Waals surface area contributed by atoms with Gasteiger partial charge >= 0.3 is 75.4 Å². The van der Waals surface area contributed by atoms with Gasteiger partial charge in [0.05, 0.1) is 23.7 Å². The molecule has 0 amide bonds. The molecule has 2 aliphatic heterocycles. The molecule has 2 aliphatic rings. The van der Waals surface area contributed by atoms with E-state index in [2.05, 4.69) is 23.8 Å². The Morgan fingerprint density at radius 1 is 0.380 bits per heavy atom. The summed E-state index contributed by atoms with van der Waals surface area (Å²) >= 11 is 10.4. The minimum atomic E-state index is -1.30. The van der Waals surface area contributed by atoms with Crippen LogP contribution in [-0.2, 0) is 148 Å². The molecule has 0 spiro atoms. The summed E-state index contributed by atoms with van der Waals surface area (Å²) in [5.41, 5.74) is 0. The zero-order valence-corrected chi connectivity index (χ0v) is 49.8. The van der Waals surface area contributed by atoms with Crippen molar-refractivity contribution in [2.45, 2.75) is 208 Å². The topological polar surface area (TPSA) is 272 Å². The van der Waals surface area contributed by atoms with Crippen LogP contribution in [0.25, 0.3) is 0 Å². The van der Waals surface area contributed by atoms with E-state index in [4.69, 9.17) is 82.1 Å². The van der Waals surface area contributed by atoms with Crippen molar-refractivity contribution in [2.24, 2.45) is 9.98 Å². The number of carbonyl (C=O) groups excluding carboxylic acids is 8. The second-order valence-electron chi connectivity index (χ2n) is 16.2. The smallest absolute Gasteiger partial charge is 0.722 e. The first-order valence-electron chi connectivity index (χ1n) is 23.5. The van der Waals surface area contributed by atoms with Gasteiger partial charge in [-0.25, -0.2) is 9.98 Å². The first-order valence-corrected chi connectivity index (χ1v) is 24.3. The van der Waals surface area contributed by atoms with Gasteiger partial charge < -0.3 is 82.1 Å². The second-order valence-corrected chi connectivity index (χ2v) is 16.9. The van der Waals surface area contributed by atoms with Crippen molar-refractivity contribution in [3.8, 4) is 0 Å². The maximum Gasteiger partial charge on any atom is 2.00 e. The number of nitrogens with zero attached hydrogens (tertiary/aromatic N) is 2. The third-order valence-electron chi connectivity index (χ3n) is 9.84. The standard InChI is InChI=1S/2C23H37NO10S.Hg/c2*1-6-7-8-9-10-11-12-29-23(35)24-22-21(33-17(5)28)20(32-16(4)27)19(31-15(3)26)18(34-22)13-30-14(2)25;/h2*18-22H,6-13H2,1-5H3,(H,24,35);/q;;+2/p-2/t2*18-,19-,20+,21-,22-;/m11./s1. The molecule has 0 radical (unpaired) electrons. The predicted octanol–water partition coefficient (Wildman–Crippen LogP) is 4.70. The largest absolute Gasteiger partial charge is 2.00 e. The summed E-state index contributed by atoms with van der Waals surface area (Å²) in [6.45, 7) is 13.6. The third-order valence-corrected chi connectivity index (χ3v) is 10.3. The molecule has 0 bridgehead atoms. The monoisotopic (exact) mass is 1240 g/mol. The molecule has 400 valence electrons. The van der Waals surface area contributed by atoms with Gasteiger partial charge in [0.15, 0.2) is 49.1 Å². The number of rotatable bonds is 26. The van der Waals surface area contributed by atoms with Crippen LogP contribution in [0.15, 0.2) is 9.98 Å². The van der Waals surface area contributed by atoms with Gasteiger partial charge in [-0.2, -0.15) is 0 Å². The van der Waals surface area contributed by atoms with E-state index < -0.39 is 109 Å². The summed E-state index contributed by atoms with van der Waals surface area (Å²) in [7, 11) is 0. The zero-order chi connectivity index (χ0) is 52.8. The van der Waals surface area contributed by atoms with Crippen LogP contribution in [-0.4, -0.2) is 146 Å². The van der Waals surface area contributed by atoms with Crippen molar-refractivity contribution in [3.05, 3.63) is 0 Å². The molecule has 0 N–H and O–H groups in total. The average Bonchev–Trinajstić information content (AvgIpc) is 3.25. The van der Waals surface area contributed by atoms with Crippen LogP contribution in [0.3, 0.4) is 0 Å². The maximum absolute atomic E-state index is 11.8. The number of carbonyl (C=O) groups is 8. The number of ether oxygens (including phenoxy) is 12. The number of hydrogen-bond acceptors (Lipinski definition) is 24. The molecule has 0 aromatic heterocycles. The summed E-state index contributed by atoms with van der Waals surface area (Å²) < 4.78 is 64.8. The Balaban J connectivity index is 0.00000136. The van der Waals surface area contributed by atoms with Crippen LogP contribution in [0, 0.1) is 0 Å². The second kappa shape index (κ2) is 37.7. The van der Waals surface area contributed by atoms with Gasteiger partial charge in [0.25, 0.3) is 0 Å². The normalized spacial score (nSPS) is 23.9. The van der Waals surface area contributed by atoms with Gasteiger partial charge in [0, 0.05) is 55.4 Å². The molecule has 0 aromatic carbocycles. The van der Waals surface area contributed by atoms with Crippen molar-refractivity contribution in [3.63, 3.8) is 0 Å². The summed E-state index contributed by atoms with van der Waals surface area (Å²) in [5, 5.41) is -0.279. The van der Waals surface area contributed by atoms with E-state index in [1.54, 1.807) is 0 Å². The molecule has 22 nitrogen and oxygen atoms in total. The Labute approximate surface area is 448 Å². The SMILES string of the molecule is CCCCCCCCOC([S-])=N[C@@H]1O[C@H](COC(C)=O)[C@@H](OC(C)=O)[C@H](OC(C)=O)[C@H]1OC(C)=O.CCCCCCCCOC([S-])=N[C@@H]1O[C@H](COC(C)=O)[C@@H](OC(C)=O)[C@H](OC(C)=O)[C@H]1OC(C)=O.[Hg+2]. The molecule has 25 heteroatoms. The third kappa shape index (κ3) is 29.3. The molecule has 71 heavy (non-hydrogen) atoms. The fourth-order valence-corrected chi connectivity index (χ4v) is 7.36. The quantitative estimate of drug-likeness (QED) is 0.0216. The van der Waals surface area contributed by atoms with Crippen LogP contribution in [0.5, 0.6) is 0 Å². The molecular weight excluding hydrogens is 1170 g/mol. The fourth-order valence-electron chi connectivity index (χ4n) is 6.99. The van der Waals surface area contributed by atoms with Crippen LogP contribution >= 0.6 is 0 Å². The molecular formula is C46H72HgN2O20S2. The van der Waals surface area contributed by atoms with Gasteiger partial charge in [-0.15, -0.1) is 0 Å². The Morgan fingerprint density at radius 3 is 0.930 bits per heavy atom. The molecule has 2 saturated heterocycles. The molecule has 0 aliphatic carbocycles. The van der Waals surface area contributed by atoms with Crippen molar-refractivity contribution < 1.29 is 123 Å². The van der Waals surface area contributed by atoms with Crippen molar-refractivity contribution in [1.82, 2.24) is 0 Å². The zero-order valence-electron chi connectivity index (χ0n) is 42.7. The summed E-state index contributed by atoms with van der Waals surface area (Å²) in [5.74, 6) is -5.50. The first-order chi connectivity index (χ1) is 33.1. The van der Waals surface area contributed by atoms with Crippen molar-refractivity contribution in [2.75, 3.05) is 26.4 Å². The Bertz CT molecular complexity index is 1620. The van der Waals surface area contributed by atoms with E-state index in [0.717, 1.165) is 106 Å². The fraction of sp³-hybridized carbons (Fsp3) is 0.783. The summed E-state index contributed by atoms with van der Waals surface area (Å²) in [6.07, 6.45) is 0.369. The molecule has 2 fully saturated rings. The molecule has 2 heterocycles. The minimum Gasteiger partial charge on any atom is -0.722 e. The van der Waals surface area contributed by atoms with Crippen molar-refractivity contribution in [1.29, 1.82) is 0 Å². The van der Waals surface area contributed by atoms with Gasteiger partial charge in [0.1, 0.15) is 25.4 Å². The Hall–Kier alpha value is -4.00. The van der Waals surface area contributed by atoms with E-state index in [1.807, 2.05) is 0 Å². The van der Waals surface area contributed by atoms with Crippen LogP contribution in [0.4, 0.5) is 0 Å². The summed E-state index contributed by atoms with van der Waals surface area (Å²) in [6, 6.07) is 0. The Kier molecular flexibility index (Phi) is 35.6. The molecule has 0 unspecified atom stereocenters. The van der Waals surface area contributed by atoms with Crippen LogP contribution in [0.2, 0.25) is 0 Å². The molecule has 0 aromatic rings. The maximum atomic E-state index is 11.8. The number of hydrogen-bond donors (Lipinski definition) is 0. The van der Waals surface area contributed by atoms with Gasteiger partial charge in [-0.1, -0.05) is 78.1 Å². The van der Waals surface area contributed by atoms with Crippen molar-refractivity contribution >= 4 is 83.5 Å². The van der Waals surface area contributed by atoms with Gasteiger partial charge in [0.2, 0.25) is 0 Å².